The van der Waals surface area contributed by atoms with E-state index in [1.165, 1.54) is 11.9 Å². The van der Waals surface area contributed by atoms with Gasteiger partial charge in [-0.15, -0.1) is 0 Å². The molecular formula is C27H29N7O. The number of aromatic nitrogens is 3. The average molecular weight is 468 g/mol. The number of amides is 1. The number of aryl methyl sites for hydroxylation is 1. The van der Waals surface area contributed by atoms with Crippen LogP contribution in [-0.4, -0.2) is 33.9 Å². The smallest absolute Gasteiger partial charge is 0.230 e. The third-order valence-electron chi connectivity index (χ3n) is 5.37. The highest BCUT2D eigenvalue weighted by molar-refractivity contribution is 5.76. The van der Waals surface area contributed by atoms with Crippen molar-refractivity contribution in [2.75, 3.05) is 23.7 Å². The first-order valence-electron chi connectivity index (χ1n) is 11.6. The van der Waals surface area contributed by atoms with Gasteiger partial charge in [-0.1, -0.05) is 54.6 Å². The highest BCUT2D eigenvalue weighted by Gasteiger charge is 2.06. The molecule has 0 spiro atoms. The standard InChI is InChI=1S/C27H29N7O/c28-18-21-8-4-11-24(16-21)33-27-32-19-31-26(34-27)22-9-5-10-23(17-22)29-14-15-30-25(35)13-12-20-6-2-1-3-7-20/h1-11,16-17,19,29H,12-15,18,28H2,(H,30,35)(H,31,32,33,34). The molecule has 0 aliphatic carbocycles. The molecule has 3 aromatic carbocycles. The predicted octanol–water partition coefficient (Wildman–Crippen LogP) is 3.90. The lowest BCUT2D eigenvalue weighted by atomic mass is 10.1. The Balaban J connectivity index is 1.28. The van der Waals surface area contributed by atoms with Crippen LogP contribution in [0.25, 0.3) is 11.4 Å². The molecule has 178 valence electrons. The number of nitrogens with two attached hydrogens (primary N) is 1. The van der Waals surface area contributed by atoms with E-state index in [-0.39, 0.29) is 5.91 Å². The molecule has 0 radical (unpaired) electrons. The first-order chi connectivity index (χ1) is 17.2. The van der Waals surface area contributed by atoms with Crippen LogP contribution in [-0.2, 0) is 17.8 Å². The second kappa shape index (κ2) is 12.2. The van der Waals surface area contributed by atoms with E-state index in [4.69, 9.17) is 5.73 Å². The summed E-state index contributed by atoms with van der Waals surface area (Å²) in [6.45, 7) is 1.62. The van der Waals surface area contributed by atoms with Gasteiger partial charge in [0.05, 0.1) is 0 Å². The van der Waals surface area contributed by atoms with E-state index >= 15 is 0 Å². The zero-order valence-corrected chi connectivity index (χ0v) is 19.4. The second-order valence-corrected chi connectivity index (χ2v) is 8.01. The molecule has 8 nitrogen and oxygen atoms in total. The van der Waals surface area contributed by atoms with E-state index in [0.717, 1.165) is 28.9 Å². The van der Waals surface area contributed by atoms with Crippen molar-refractivity contribution in [3.05, 3.63) is 96.3 Å². The molecule has 0 atom stereocenters. The highest BCUT2D eigenvalue weighted by Crippen LogP contribution is 2.21. The highest BCUT2D eigenvalue weighted by atomic mass is 16.1. The van der Waals surface area contributed by atoms with Gasteiger partial charge in [0, 0.05) is 43.0 Å². The molecule has 1 amide bonds. The molecule has 8 heteroatoms. The van der Waals surface area contributed by atoms with Gasteiger partial charge in [-0.3, -0.25) is 4.79 Å². The Morgan fingerprint density at radius 1 is 0.829 bits per heavy atom. The minimum absolute atomic E-state index is 0.0478. The first-order valence-corrected chi connectivity index (χ1v) is 11.6. The molecule has 35 heavy (non-hydrogen) atoms. The van der Waals surface area contributed by atoms with E-state index in [1.807, 2.05) is 78.9 Å². The molecular weight excluding hydrogens is 438 g/mol. The molecule has 0 saturated carbocycles. The van der Waals surface area contributed by atoms with Gasteiger partial charge in [-0.05, 0) is 41.8 Å². The van der Waals surface area contributed by atoms with E-state index in [2.05, 4.69) is 30.9 Å². The van der Waals surface area contributed by atoms with Crippen LogP contribution < -0.4 is 21.7 Å². The zero-order chi connectivity index (χ0) is 24.3. The molecule has 0 unspecified atom stereocenters. The van der Waals surface area contributed by atoms with Gasteiger partial charge < -0.3 is 21.7 Å². The number of rotatable bonds is 11. The summed E-state index contributed by atoms with van der Waals surface area (Å²) in [6.07, 6.45) is 2.71. The van der Waals surface area contributed by atoms with E-state index in [1.54, 1.807) is 0 Å². The normalized spacial score (nSPS) is 10.5. The minimum Gasteiger partial charge on any atom is -0.383 e. The number of nitrogens with zero attached hydrogens (tertiary/aromatic N) is 3. The maximum Gasteiger partial charge on any atom is 0.230 e. The lowest BCUT2D eigenvalue weighted by Gasteiger charge is -2.10. The molecule has 0 fully saturated rings. The van der Waals surface area contributed by atoms with E-state index in [0.29, 0.717) is 37.8 Å². The van der Waals surface area contributed by atoms with Crippen LogP contribution in [0.4, 0.5) is 17.3 Å². The number of hydrogen-bond donors (Lipinski definition) is 4. The van der Waals surface area contributed by atoms with Crippen LogP contribution in [0, 0.1) is 0 Å². The summed E-state index contributed by atoms with van der Waals surface area (Å²) >= 11 is 0. The third kappa shape index (κ3) is 7.35. The lowest BCUT2D eigenvalue weighted by Crippen LogP contribution is -2.28. The fraction of sp³-hybridized carbons (Fsp3) is 0.185. The molecule has 4 rings (SSSR count). The minimum atomic E-state index is 0.0478. The van der Waals surface area contributed by atoms with E-state index in [9.17, 15) is 4.79 Å². The number of nitrogens with one attached hydrogen (secondary N) is 3. The number of carbonyl (C=O) groups excluding carboxylic acids is 1. The van der Waals surface area contributed by atoms with Crippen molar-refractivity contribution >= 4 is 23.2 Å². The number of carbonyl (C=O) groups is 1. The monoisotopic (exact) mass is 467 g/mol. The largest absolute Gasteiger partial charge is 0.383 e. The van der Waals surface area contributed by atoms with Crippen LogP contribution in [0.1, 0.15) is 17.5 Å². The molecule has 0 aliphatic rings. The van der Waals surface area contributed by atoms with Gasteiger partial charge in [0.25, 0.3) is 0 Å². The fourth-order valence-electron chi connectivity index (χ4n) is 3.57. The topological polar surface area (TPSA) is 118 Å². The molecule has 0 aliphatic heterocycles. The Bertz CT molecular complexity index is 1250. The van der Waals surface area contributed by atoms with Gasteiger partial charge in [0.1, 0.15) is 6.33 Å². The summed E-state index contributed by atoms with van der Waals surface area (Å²) in [5, 5.41) is 9.50. The van der Waals surface area contributed by atoms with Crippen molar-refractivity contribution in [1.29, 1.82) is 0 Å². The molecule has 0 saturated heterocycles. The summed E-state index contributed by atoms with van der Waals surface area (Å²) in [4.78, 5) is 25.2. The Morgan fingerprint density at radius 3 is 2.49 bits per heavy atom. The SMILES string of the molecule is NCc1cccc(Nc2ncnc(-c3cccc(NCCNC(=O)CCc4ccccc4)c3)n2)c1. The summed E-state index contributed by atoms with van der Waals surface area (Å²) in [5.74, 6) is 1.07. The average Bonchev–Trinajstić information content (AvgIpc) is 2.91. The van der Waals surface area contributed by atoms with E-state index < -0.39 is 0 Å². The number of benzene rings is 3. The summed E-state index contributed by atoms with van der Waals surface area (Å²) < 4.78 is 0. The molecule has 4 aromatic rings. The maximum atomic E-state index is 12.1. The summed E-state index contributed by atoms with van der Waals surface area (Å²) in [6, 6.07) is 25.7. The van der Waals surface area contributed by atoms with Gasteiger partial charge in [-0.2, -0.15) is 4.98 Å². The molecule has 1 heterocycles. The maximum absolute atomic E-state index is 12.1. The molecule has 0 bridgehead atoms. The Hall–Kier alpha value is -4.30. The summed E-state index contributed by atoms with van der Waals surface area (Å²) in [5.41, 5.74) is 10.6. The predicted molar refractivity (Wildman–Crippen MR) is 139 cm³/mol. The van der Waals surface area contributed by atoms with Crippen molar-refractivity contribution in [3.63, 3.8) is 0 Å². The van der Waals surface area contributed by atoms with Crippen molar-refractivity contribution in [3.8, 4) is 11.4 Å². The van der Waals surface area contributed by atoms with Gasteiger partial charge in [0.2, 0.25) is 11.9 Å². The third-order valence-corrected chi connectivity index (χ3v) is 5.37. The van der Waals surface area contributed by atoms with Crippen LogP contribution in [0.5, 0.6) is 0 Å². The fourth-order valence-corrected chi connectivity index (χ4v) is 3.57. The van der Waals surface area contributed by atoms with Crippen molar-refractivity contribution in [2.24, 2.45) is 5.73 Å². The Kier molecular flexibility index (Phi) is 8.34. The number of anilines is 3. The van der Waals surface area contributed by atoms with Gasteiger partial charge >= 0.3 is 0 Å². The van der Waals surface area contributed by atoms with Crippen LogP contribution in [0.2, 0.25) is 0 Å². The molecule has 5 N–H and O–H groups in total. The van der Waals surface area contributed by atoms with Crippen molar-refractivity contribution < 1.29 is 4.79 Å². The van der Waals surface area contributed by atoms with Crippen LogP contribution in [0.3, 0.4) is 0 Å². The van der Waals surface area contributed by atoms with Crippen molar-refractivity contribution in [2.45, 2.75) is 19.4 Å². The Labute approximate surface area is 205 Å². The summed E-state index contributed by atoms with van der Waals surface area (Å²) in [7, 11) is 0. The van der Waals surface area contributed by atoms with Crippen molar-refractivity contribution in [1.82, 2.24) is 20.3 Å². The first kappa shape index (κ1) is 23.8. The van der Waals surface area contributed by atoms with Gasteiger partial charge in [0.15, 0.2) is 5.82 Å². The number of hydrogen-bond acceptors (Lipinski definition) is 7. The Morgan fingerprint density at radius 2 is 1.63 bits per heavy atom. The zero-order valence-electron chi connectivity index (χ0n) is 19.4. The second-order valence-electron chi connectivity index (χ2n) is 8.01. The van der Waals surface area contributed by atoms with Crippen LogP contribution >= 0.6 is 0 Å². The quantitative estimate of drug-likeness (QED) is 0.247. The van der Waals surface area contributed by atoms with Gasteiger partial charge in [-0.25, -0.2) is 9.97 Å². The lowest BCUT2D eigenvalue weighted by molar-refractivity contribution is -0.120. The molecule has 1 aromatic heterocycles. The van der Waals surface area contributed by atoms with Crippen LogP contribution in [0.15, 0.2) is 85.2 Å².